The lowest BCUT2D eigenvalue weighted by Crippen LogP contribution is -2.47. The number of urea groups is 1. The van der Waals surface area contributed by atoms with Crippen molar-refractivity contribution in [3.05, 3.63) is 70.8 Å². The van der Waals surface area contributed by atoms with Gasteiger partial charge in [0.25, 0.3) is 0 Å². The summed E-state index contributed by atoms with van der Waals surface area (Å²) in [4.78, 5) is 26.7. The predicted molar refractivity (Wildman–Crippen MR) is 159 cm³/mol. The molecule has 0 unspecified atom stereocenters. The van der Waals surface area contributed by atoms with E-state index in [9.17, 15) is 28.0 Å². The Morgan fingerprint density at radius 3 is 2.49 bits per heavy atom. The molecule has 246 valence electrons. The smallest absolute Gasteiger partial charge is 0.447 e. The van der Waals surface area contributed by atoms with Crippen molar-refractivity contribution in [1.29, 1.82) is 0 Å². The Kier molecular flexibility index (Phi) is 13.7. The van der Waals surface area contributed by atoms with Gasteiger partial charge >= 0.3 is 19.9 Å². The van der Waals surface area contributed by atoms with Gasteiger partial charge in [0.05, 0.1) is 37.0 Å². The van der Waals surface area contributed by atoms with Crippen molar-refractivity contribution >= 4 is 37.4 Å². The van der Waals surface area contributed by atoms with Crippen LogP contribution in [0, 0.1) is 11.6 Å². The Bertz CT molecular complexity index is 1470. The summed E-state index contributed by atoms with van der Waals surface area (Å²) in [5, 5.41) is 19.2. The summed E-state index contributed by atoms with van der Waals surface area (Å²) in [5.41, 5.74) is 0.720. The van der Waals surface area contributed by atoms with E-state index >= 15 is 0 Å². The van der Waals surface area contributed by atoms with E-state index < -0.39 is 56.9 Å². The average molecular weight is 675 g/mol. The van der Waals surface area contributed by atoms with Crippen molar-refractivity contribution in [3.63, 3.8) is 0 Å². The molecule has 13 nitrogen and oxygen atoms in total. The molecule has 17 heteroatoms. The number of hydrogen-bond donors (Lipinski definition) is 3. The topological polar surface area (TPSA) is 162 Å². The number of aliphatic hydroxyl groups is 1. The minimum atomic E-state index is -3.93. The number of aliphatic hydroxyl groups excluding tert-OH is 1. The van der Waals surface area contributed by atoms with Crippen LogP contribution in [0.5, 0.6) is 0 Å². The van der Waals surface area contributed by atoms with Crippen molar-refractivity contribution in [2.45, 2.75) is 39.0 Å². The van der Waals surface area contributed by atoms with Gasteiger partial charge in [0.2, 0.25) is 0 Å². The summed E-state index contributed by atoms with van der Waals surface area (Å²) in [5.74, 6) is -0.965. The quantitative estimate of drug-likeness (QED) is 0.154. The number of anilines is 1. The summed E-state index contributed by atoms with van der Waals surface area (Å²) in [6.45, 7) is 2.22. The number of aromatic nitrogens is 1. The van der Waals surface area contributed by atoms with E-state index in [1.165, 1.54) is 49.5 Å². The van der Waals surface area contributed by atoms with Gasteiger partial charge in [-0.15, -0.1) is 0 Å². The number of nitrogens with zero attached hydrogens (tertiary/aromatic N) is 2. The van der Waals surface area contributed by atoms with E-state index in [-0.39, 0.29) is 42.8 Å². The number of benzene rings is 2. The monoisotopic (exact) mass is 674 g/mol. The van der Waals surface area contributed by atoms with Crippen LogP contribution in [0.15, 0.2) is 53.1 Å². The van der Waals surface area contributed by atoms with Crippen molar-refractivity contribution in [2.75, 3.05) is 38.8 Å². The molecule has 3 rings (SSSR count). The molecule has 0 fully saturated rings. The van der Waals surface area contributed by atoms with Gasteiger partial charge in [-0.2, -0.15) is 0 Å². The van der Waals surface area contributed by atoms with E-state index in [1.807, 2.05) is 0 Å². The second-order valence-corrected chi connectivity index (χ2v) is 11.5. The van der Waals surface area contributed by atoms with Gasteiger partial charge in [0.1, 0.15) is 18.2 Å². The molecule has 0 aliphatic rings. The molecule has 3 aromatic rings. The standard InChI is InChI=1S/C28H34ClF2N4O9P/c1-4-41-45(39,42-5-2)43-17-22(36)13-21(35(3)27(37)32-15-19-9-7-11-23(31)26(19)29)16-40-28(38)33-25-14-24(44-34-25)18-8-6-10-20(30)12-18/h6-12,14,21-22,36H,4-5,13,15-17H2,1-3H3,(H,32,37)(H,33,34,38)/t21-,22-/m0/s1. The molecule has 2 aromatic carbocycles. The minimum absolute atomic E-state index is 0.0232. The van der Waals surface area contributed by atoms with Gasteiger partial charge in [-0.1, -0.05) is 41.0 Å². The second-order valence-electron chi connectivity index (χ2n) is 9.41. The fourth-order valence-corrected chi connectivity index (χ4v) is 5.30. The summed E-state index contributed by atoms with van der Waals surface area (Å²) in [6, 6.07) is 9.48. The van der Waals surface area contributed by atoms with Gasteiger partial charge in [-0.05, 0) is 44.0 Å². The van der Waals surface area contributed by atoms with Crippen molar-refractivity contribution < 1.29 is 50.9 Å². The SMILES string of the molecule is CCOP(=O)(OCC)OC[C@@H](O)C[C@@H](COC(=O)Nc1cc(-c2cccc(F)c2)on1)N(C)C(=O)NCc1cccc(F)c1Cl. The Labute approximate surface area is 263 Å². The van der Waals surface area contributed by atoms with Crippen LogP contribution >= 0.6 is 19.4 Å². The normalized spacial score (nSPS) is 12.8. The number of carbonyl (C=O) groups is 2. The van der Waals surface area contributed by atoms with Gasteiger partial charge in [0, 0.05) is 25.2 Å². The lowest BCUT2D eigenvalue weighted by Gasteiger charge is -2.30. The lowest BCUT2D eigenvalue weighted by atomic mass is 10.1. The van der Waals surface area contributed by atoms with Crippen LogP contribution in [0.1, 0.15) is 25.8 Å². The second kappa shape index (κ2) is 17.2. The Balaban J connectivity index is 1.66. The number of hydrogen-bond acceptors (Lipinski definition) is 10. The third-order valence-corrected chi connectivity index (χ3v) is 8.17. The molecule has 1 heterocycles. The largest absolute Gasteiger partial charge is 0.474 e. The number of rotatable bonds is 16. The van der Waals surface area contributed by atoms with E-state index in [1.54, 1.807) is 19.9 Å². The van der Waals surface area contributed by atoms with Crippen LogP contribution in [-0.2, 0) is 29.4 Å². The van der Waals surface area contributed by atoms with Crippen molar-refractivity contribution in [3.8, 4) is 11.3 Å². The zero-order valence-electron chi connectivity index (χ0n) is 24.7. The third-order valence-electron chi connectivity index (χ3n) is 6.13. The summed E-state index contributed by atoms with van der Waals surface area (Å²) in [7, 11) is -2.55. The summed E-state index contributed by atoms with van der Waals surface area (Å²) >= 11 is 5.98. The summed E-state index contributed by atoms with van der Waals surface area (Å²) < 4.78 is 65.7. The highest BCUT2D eigenvalue weighted by molar-refractivity contribution is 7.48. The Morgan fingerprint density at radius 1 is 1.09 bits per heavy atom. The molecule has 3 amide bonds. The molecular formula is C28H34ClF2N4O9P. The Morgan fingerprint density at radius 2 is 1.80 bits per heavy atom. The summed E-state index contributed by atoms with van der Waals surface area (Å²) in [6.07, 6.45) is -2.49. The molecule has 3 N–H and O–H groups in total. The number of phosphoric ester groups is 1. The fraction of sp³-hybridized carbons (Fsp3) is 0.393. The van der Waals surface area contributed by atoms with Crippen molar-refractivity contribution in [2.24, 2.45) is 0 Å². The van der Waals surface area contributed by atoms with Crippen LogP contribution in [-0.4, -0.2) is 72.9 Å². The lowest BCUT2D eigenvalue weighted by molar-refractivity contribution is 0.0353. The first-order valence-electron chi connectivity index (χ1n) is 13.8. The van der Waals surface area contributed by atoms with Crippen LogP contribution in [0.3, 0.4) is 0 Å². The molecule has 0 bridgehead atoms. The first-order valence-corrected chi connectivity index (χ1v) is 15.6. The first kappa shape index (κ1) is 35.9. The van der Waals surface area contributed by atoms with Gasteiger partial charge in [0.15, 0.2) is 11.6 Å². The first-order chi connectivity index (χ1) is 21.4. The van der Waals surface area contributed by atoms with Crippen molar-refractivity contribution in [1.82, 2.24) is 15.4 Å². The minimum Gasteiger partial charge on any atom is -0.447 e. The molecule has 0 radical (unpaired) electrons. The number of nitrogens with one attached hydrogen (secondary N) is 2. The van der Waals surface area contributed by atoms with Gasteiger partial charge in [-0.3, -0.25) is 18.9 Å². The van der Waals surface area contributed by atoms with Crippen LogP contribution in [0.25, 0.3) is 11.3 Å². The highest BCUT2D eigenvalue weighted by atomic mass is 35.5. The molecule has 0 saturated heterocycles. The zero-order chi connectivity index (χ0) is 33.0. The zero-order valence-corrected chi connectivity index (χ0v) is 26.4. The maximum Gasteiger partial charge on any atom is 0.474 e. The number of halogens is 3. The van der Waals surface area contributed by atoms with Gasteiger partial charge in [-0.25, -0.2) is 22.9 Å². The van der Waals surface area contributed by atoms with Crippen LogP contribution < -0.4 is 10.6 Å². The Hall–Kier alpha value is -3.59. The molecule has 0 aliphatic heterocycles. The number of phosphoric acid groups is 1. The predicted octanol–water partition coefficient (Wildman–Crippen LogP) is 5.98. The number of likely N-dealkylation sites (N-methyl/N-ethyl adjacent to an activating group) is 1. The number of amides is 3. The van der Waals surface area contributed by atoms with E-state index in [0.717, 1.165) is 4.90 Å². The molecule has 0 saturated carbocycles. The van der Waals surface area contributed by atoms with Crippen LogP contribution in [0.4, 0.5) is 24.2 Å². The highest BCUT2D eigenvalue weighted by Gasteiger charge is 2.30. The molecule has 0 aliphatic carbocycles. The molecular weight excluding hydrogens is 641 g/mol. The number of carbonyl (C=O) groups excluding carboxylic acids is 2. The van der Waals surface area contributed by atoms with E-state index in [4.69, 9.17) is 34.4 Å². The molecule has 45 heavy (non-hydrogen) atoms. The molecule has 0 spiro atoms. The van der Waals surface area contributed by atoms with Gasteiger partial charge < -0.3 is 24.6 Å². The molecule has 1 aromatic heterocycles. The van der Waals surface area contributed by atoms with E-state index in [2.05, 4.69) is 15.8 Å². The van der Waals surface area contributed by atoms with E-state index in [0.29, 0.717) is 11.1 Å². The molecule has 2 atom stereocenters. The highest BCUT2D eigenvalue weighted by Crippen LogP contribution is 2.49. The third kappa shape index (κ3) is 11.1. The number of ether oxygens (including phenoxy) is 1. The maximum absolute atomic E-state index is 13.8. The fourth-order valence-electron chi connectivity index (χ4n) is 3.90. The van der Waals surface area contributed by atoms with Crippen LogP contribution in [0.2, 0.25) is 5.02 Å². The average Bonchev–Trinajstić information content (AvgIpc) is 3.47. The maximum atomic E-state index is 13.8.